The van der Waals surface area contributed by atoms with Crippen LogP contribution < -0.4 is 0 Å². The fourth-order valence-electron chi connectivity index (χ4n) is 3.39. The minimum absolute atomic E-state index is 0.921. The zero-order chi connectivity index (χ0) is 11.6. The number of hydrogen-bond donors (Lipinski definition) is 0. The van der Waals surface area contributed by atoms with Crippen molar-refractivity contribution in [3.63, 3.8) is 0 Å². The highest BCUT2D eigenvalue weighted by molar-refractivity contribution is 4.89. The molecule has 90 valence electrons. The van der Waals surface area contributed by atoms with Gasteiger partial charge >= 0.3 is 0 Å². The fourth-order valence-corrected chi connectivity index (χ4v) is 3.39. The van der Waals surface area contributed by atoms with E-state index in [1.807, 2.05) is 0 Å². The summed E-state index contributed by atoms with van der Waals surface area (Å²) in [5, 5.41) is 0. The number of nitrogens with zero attached hydrogens (tertiary/aromatic N) is 1. The van der Waals surface area contributed by atoms with E-state index in [9.17, 15) is 0 Å². The summed E-state index contributed by atoms with van der Waals surface area (Å²) >= 11 is 0. The van der Waals surface area contributed by atoms with Crippen LogP contribution in [0.25, 0.3) is 0 Å². The predicted molar refractivity (Wildman–Crippen MR) is 67.9 cm³/mol. The van der Waals surface area contributed by atoms with Gasteiger partial charge in [0.2, 0.25) is 0 Å². The third-order valence-electron chi connectivity index (χ3n) is 4.98. The third-order valence-corrected chi connectivity index (χ3v) is 4.98. The summed E-state index contributed by atoms with van der Waals surface area (Å²) in [6.07, 6.45) is 2.79. The lowest BCUT2D eigenvalue weighted by molar-refractivity contribution is 0.275. The topological polar surface area (TPSA) is 3.24 Å². The van der Waals surface area contributed by atoms with Gasteiger partial charge in [-0.3, -0.25) is 0 Å². The SMILES string of the molecule is CC1C(C)C(C)C(CCCN(C)C)C1C. The molecular formula is C14H29N. The van der Waals surface area contributed by atoms with Crippen molar-refractivity contribution in [3.05, 3.63) is 0 Å². The van der Waals surface area contributed by atoms with Crippen molar-refractivity contribution in [1.29, 1.82) is 0 Å². The van der Waals surface area contributed by atoms with Gasteiger partial charge in [-0.2, -0.15) is 0 Å². The van der Waals surface area contributed by atoms with Crippen LogP contribution in [0.1, 0.15) is 40.5 Å². The van der Waals surface area contributed by atoms with Gasteiger partial charge in [-0.15, -0.1) is 0 Å². The lowest BCUT2D eigenvalue weighted by atomic mass is 9.85. The van der Waals surface area contributed by atoms with Crippen LogP contribution in [0.5, 0.6) is 0 Å². The van der Waals surface area contributed by atoms with E-state index in [-0.39, 0.29) is 0 Å². The van der Waals surface area contributed by atoms with Crippen molar-refractivity contribution in [2.45, 2.75) is 40.5 Å². The van der Waals surface area contributed by atoms with E-state index < -0.39 is 0 Å². The zero-order valence-corrected chi connectivity index (χ0v) is 11.5. The van der Waals surface area contributed by atoms with Gasteiger partial charge in [-0.1, -0.05) is 27.7 Å². The molecule has 0 heterocycles. The first-order valence-electron chi connectivity index (χ1n) is 6.59. The second-order valence-corrected chi connectivity index (χ2v) is 6.05. The Morgan fingerprint density at radius 3 is 1.67 bits per heavy atom. The number of rotatable bonds is 4. The lowest BCUT2D eigenvalue weighted by Crippen LogP contribution is -2.18. The highest BCUT2D eigenvalue weighted by Crippen LogP contribution is 2.47. The van der Waals surface area contributed by atoms with Crippen LogP contribution in [-0.2, 0) is 0 Å². The first-order chi connectivity index (χ1) is 6.95. The predicted octanol–water partition coefficient (Wildman–Crippen LogP) is 3.50. The van der Waals surface area contributed by atoms with E-state index in [1.165, 1.54) is 19.4 Å². The molecule has 1 heteroatoms. The van der Waals surface area contributed by atoms with Crippen LogP contribution in [0.3, 0.4) is 0 Å². The quantitative estimate of drug-likeness (QED) is 0.688. The van der Waals surface area contributed by atoms with Gasteiger partial charge in [0.05, 0.1) is 0 Å². The smallest absolute Gasteiger partial charge is 0.00247 e. The van der Waals surface area contributed by atoms with E-state index in [2.05, 4.69) is 46.7 Å². The Labute approximate surface area is 96.2 Å². The van der Waals surface area contributed by atoms with E-state index in [4.69, 9.17) is 0 Å². The molecule has 0 aliphatic heterocycles. The average molecular weight is 211 g/mol. The molecule has 1 rings (SSSR count). The van der Waals surface area contributed by atoms with E-state index in [0.29, 0.717) is 0 Å². The van der Waals surface area contributed by atoms with Crippen molar-refractivity contribution >= 4 is 0 Å². The summed E-state index contributed by atoms with van der Waals surface area (Å²) in [4.78, 5) is 2.30. The van der Waals surface area contributed by atoms with Crippen molar-refractivity contribution in [3.8, 4) is 0 Å². The van der Waals surface area contributed by atoms with Crippen LogP contribution in [0.15, 0.2) is 0 Å². The third kappa shape index (κ3) is 2.96. The lowest BCUT2D eigenvalue weighted by Gasteiger charge is -2.22. The first kappa shape index (κ1) is 13.0. The maximum atomic E-state index is 2.46. The molecule has 0 radical (unpaired) electrons. The summed E-state index contributed by atoms with van der Waals surface area (Å²) in [6, 6.07) is 0. The summed E-state index contributed by atoms with van der Waals surface area (Å²) in [7, 11) is 4.35. The van der Waals surface area contributed by atoms with Crippen LogP contribution in [0, 0.1) is 29.6 Å². The van der Waals surface area contributed by atoms with Gasteiger partial charge in [0.15, 0.2) is 0 Å². The molecule has 0 amide bonds. The molecule has 1 aliphatic carbocycles. The van der Waals surface area contributed by atoms with E-state index >= 15 is 0 Å². The molecule has 15 heavy (non-hydrogen) atoms. The molecule has 0 aromatic carbocycles. The standard InChI is InChI=1S/C14H29N/c1-10-11(2)13(4)14(12(10)3)8-7-9-15(5)6/h10-14H,7-9H2,1-6H3. The molecule has 0 N–H and O–H groups in total. The molecule has 0 aromatic rings. The number of hydrogen-bond acceptors (Lipinski definition) is 1. The Balaban J connectivity index is 2.41. The maximum absolute atomic E-state index is 2.46. The second kappa shape index (κ2) is 5.34. The molecule has 0 aromatic heterocycles. The van der Waals surface area contributed by atoms with Crippen LogP contribution >= 0.6 is 0 Å². The van der Waals surface area contributed by atoms with E-state index in [0.717, 1.165) is 29.6 Å². The molecule has 4 unspecified atom stereocenters. The van der Waals surface area contributed by atoms with Gasteiger partial charge in [0.25, 0.3) is 0 Å². The molecule has 0 spiro atoms. The molecule has 4 atom stereocenters. The molecule has 1 nitrogen and oxygen atoms in total. The van der Waals surface area contributed by atoms with Gasteiger partial charge in [0.1, 0.15) is 0 Å². The minimum atomic E-state index is 0.921. The van der Waals surface area contributed by atoms with Crippen LogP contribution in [0.4, 0.5) is 0 Å². The Morgan fingerprint density at radius 2 is 1.27 bits per heavy atom. The van der Waals surface area contributed by atoms with Gasteiger partial charge in [-0.05, 0) is 63.1 Å². The molecule has 0 saturated heterocycles. The zero-order valence-electron chi connectivity index (χ0n) is 11.5. The monoisotopic (exact) mass is 211 g/mol. The summed E-state index contributed by atoms with van der Waals surface area (Å²) < 4.78 is 0. The van der Waals surface area contributed by atoms with Crippen LogP contribution in [-0.4, -0.2) is 25.5 Å². The van der Waals surface area contributed by atoms with Crippen molar-refractivity contribution < 1.29 is 0 Å². The highest BCUT2D eigenvalue weighted by atomic mass is 15.0. The second-order valence-electron chi connectivity index (χ2n) is 6.05. The maximum Gasteiger partial charge on any atom is -0.00247 e. The van der Waals surface area contributed by atoms with Crippen molar-refractivity contribution in [1.82, 2.24) is 4.90 Å². The summed E-state index contributed by atoms with van der Waals surface area (Å²) in [5.74, 6) is 4.66. The first-order valence-corrected chi connectivity index (χ1v) is 6.59. The summed E-state index contributed by atoms with van der Waals surface area (Å²) in [6.45, 7) is 11.1. The molecule has 1 saturated carbocycles. The summed E-state index contributed by atoms with van der Waals surface area (Å²) in [5.41, 5.74) is 0. The highest BCUT2D eigenvalue weighted by Gasteiger charge is 2.40. The van der Waals surface area contributed by atoms with Gasteiger partial charge in [-0.25, -0.2) is 0 Å². The van der Waals surface area contributed by atoms with E-state index in [1.54, 1.807) is 0 Å². The Morgan fingerprint density at radius 1 is 0.800 bits per heavy atom. The van der Waals surface area contributed by atoms with Gasteiger partial charge < -0.3 is 4.90 Å². The van der Waals surface area contributed by atoms with Gasteiger partial charge in [0, 0.05) is 0 Å². The Bertz CT molecular complexity index is 174. The minimum Gasteiger partial charge on any atom is -0.309 e. The Hall–Kier alpha value is -0.0400. The van der Waals surface area contributed by atoms with Crippen molar-refractivity contribution in [2.24, 2.45) is 29.6 Å². The fraction of sp³-hybridized carbons (Fsp3) is 1.00. The normalized spacial score (nSPS) is 41.4. The average Bonchev–Trinajstić information content (AvgIpc) is 2.34. The molecular weight excluding hydrogens is 182 g/mol. The van der Waals surface area contributed by atoms with Crippen LogP contribution in [0.2, 0.25) is 0 Å². The Kier molecular flexibility index (Phi) is 4.64. The molecule has 0 bridgehead atoms. The molecule has 1 fully saturated rings. The van der Waals surface area contributed by atoms with Crippen molar-refractivity contribution in [2.75, 3.05) is 20.6 Å². The molecule has 1 aliphatic rings. The largest absolute Gasteiger partial charge is 0.309 e.